The van der Waals surface area contributed by atoms with Gasteiger partial charge in [-0.2, -0.15) is 0 Å². The van der Waals surface area contributed by atoms with Crippen molar-refractivity contribution in [2.75, 3.05) is 27.3 Å². The smallest absolute Gasteiger partial charge is 0.200 e. The molecule has 2 aromatic carbocycles. The molecule has 0 saturated carbocycles. The summed E-state index contributed by atoms with van der Waals surface area (Å²) in [5.41, 5.74) is 0.718. The SMILES string of the molecule is COc1cc2c(cc1OC)C(=O)C(F)(CCCC1CCN(Cc3ccccc3)CC1)C2.Cl. The molecule has 1 atom stereocenters. The molecule has 0 N–H and O–H groups in total. The highest BCUT2D eigenvalue weighted by Gasteiger charge is 2.46. The predicted molar refractivity (Wildman–Crippen MR) is 127 cm³/mol. The molecule has 4 nitrogen and oxygen atoms in total. The normalized spacial score (nSPS) is 21.2. The molecule has 2 aromatic rings. The number of fused-ring (bicyclic) bond motifs is 1. The van der Waals surface area contributed by atoms with Gasteiger partial charge in [-0.15, -0.1) is 12.4 Å². The third-order valence-corrected chi connectivity index (χ3v) is 6.87. The fraction of sp³-hybridized carbons (Fsp3) is 0.500. The first kappa shape index (κ1) is 24.5. The fourth-order valence-electron chi connectivity index (χ4n) is 5.05. The number of piperidine rings is 1. The van der Waals surface area contributed by atoms with E-state index in [-0.39, 0.29) is 25.2 Å². The highest BCUT2D eigenvalue weighted by atomic mass is 35.5. The predicted octanol–water partition coefficient (Wildman–Crippen LogP) is 5.66. The number of hydrogen-bond acceptors (Lipinski definition) is 4. The van der Waals surface area contributed by atoms with Gasteiger partial charge < -0.3 is 9.47 Å². The molecule has 1 aliphatic carbocycles. The summed E-state index contributed by atoms with van der Waals surface area (Å²) in [6, 6.07) is 13.9. The maximum atomic E-state index is 15.6. The van der Waals surface area contributed by atoms with E-state index in [4.69, 9.17) is 9.47 Å². The second kappa shape index (κ2) is 10.7. The van der Waals surface area contributed by atoms with Crippen molar-refractivity contribution >= 4 is 18.2 Å². The van der Waals surface area contributed by atoms with Crippen LogP contribution in [0.1, 0.15) is 53.6 Å². The lowest BCUT2D eigenvalue weighted by atomic mass is 9.87. The lowest BCUT2D eigenvalue weighted by Crippen LogP contribution is -2.34. The van der Waals surface area contributed by atoms with Crippen LogP contribution in [0.15, 0.2) is 42.5 Å². The van der Waals surface area contributed by atoms with Crippen LogP contribution in [0.4, 0.5) is 4.39 Å². The van der Waals surface area contributed by atoms with E-state index in [1.54, 1.807) is 19.2 Å². The van der Waals surface area contributed by atoms with Crippen molar-refractivity contribution < 1.29 is 18.7 Å². The minimum absolute atomic E-state index is 0. The quantitative estimate of drug-likeness (QED) is 0.508. The standard InChI is InChI=1S/C26H32FNO3.ClH/c1-30-23-15-21-17-26(27,25(29)22(21)16-24(23)31-2)12-6-9-19-10-13-28(14-11-19)18-20-7-4-3-5-8-20;/h3-5,7-8,15-16,19H,6,9-14,17-18H2,1-2H3;1H. The van der Waals surface area contributed by atoms with Gasteiger partial charge in [-0.25, -0.2) is 4.39 Å². The van der Waals surface area contributed by atoms with Crippen molar-refractivity contribution in [2.24, 2.45) is 5.92 Å². The Labute approximate surface area is 196 Å². The molecule has 1 fully saturated rings. The van der Waals surface area contributed by atoms with Gasteiger partial charge in [0.05, 0.1) is 14.2 Å². The molecule has 1 saturated heterocycles. The molecule has 0 amide bonds. The van der Waals surface area contributed by atoms with Gasteiger partial charge >= 0.3 is 0 Å². The molecule has 174 valence electrons. The average Bonchev–Trinajstić information content (AvgIpc) is 3.04. The maximum Gasteiger partial charge on any atom is 0.200 e. The largest absolute Gasteiger partial charge is 0.493 e. The number of carbonyl (C=O) groups excluding carboxylic acids is 1. The van der Waals surface area contributed by atoms with E-state index in [2.05, 4.69) is 29.2 Å². The lowest BCUT2D eigenvalue weighted by Gasteiger charge is -2.32. The van der Waals surface area contributed by atoms with Gasteiger partial charge in [0.2, 0.25) is 5.78 Å². The van der Waals surface area contributed by atoms with E-state index in [1.165, 1.54) is 12.7 Å². The number of Topliss-reactive ketones (excluding diaryl/α,β-unsaturated/α-hetero) is 1. The first-order valence-electron chi connectivity index (χ1n) is 11.3. The summed E-state index contributed by atoms with van der Waals surface area (Å²) < 4.78 is 26.2. The minimum Gasteiger partial charge on any atom is -0.493 e. The van der Waals surface area contributed by atoms with Gasteiger partial charge in [0.15, 0.2) is 17.2 Å². The van der Waals surface area contributed by atoms with E-state index in [1.807, 2.05) is 6.07 Å². The number of hydrogen-bond donors (Lipinski definition) is 0. The summed E-state index contributed by atoms with van der Waals surface area (Å²) in [5, 5.41) is 0. The first-order valence-corrected chi connectivity index (χ1v) is 11.3. The third-order valence-electron chi connectivity index (χ3n) is 6.87. The Morgan fingerprint density at radius 2 is 1.72 bits per heavy atom. The van der Waals surface area contributed by atoms with Crippen LogP contribution in [0.2, 0.25) is 0 Å². The molecule has 0 spiro atoms. The highest BCUT2D eigenvalue weighted by molar-refractivity contribution is 6.07. The molecule has 32 heavy (non-hydrogen) atoms. The number of methoxy groups -OCH3 is 2. The van der Waals surface area contributed by atoms with E-state index in [0.29, 0.717) is 23.0 Å². The van der Waals surface area contributed by atoms with E-state index >= 15 is 4.39 Å². The topological polar surface area (TPSA) is 38.8 Å². The second-order valence-electron chi connectivity index (χ2n) is 8.93. The Balaban J connectivity index is 0.00000289. The molecule has 2 aliphatic rings. The second-order valence-corrected chi connectivity index (χ2v) is 8.93. The zero-order valence-electron chi connectivity index (χ0n) is 18.9. The van der Waals surface area contributed by atoms with Gasteiger partial charge in [-0.05, 0) is 68.0 Å². The monoisotopic (exact) mass is 461 g/mol. The van der Waals surface area contributed by atoms with E-state index < -0.39 is 11.5 Å². The van der Waals surface area contributed by atoms with Crippen LogP contribution in [-0.2, 0) is 13.0 Å². The Hall–Kier alpha value is -2.11. The number of likely N-dealkylation sites (tertiary alicyclic amines) is 1. The Bertz CT molecular complexity index is 915. The Morgan fingerprint density at radius 3 is 2.38 bits per heavy atom. The van der Waals surface area contributed by atoms with Crippen LogP contribution in [0.5, 0.6) is 11.5 Å². The van der Waals surface area contributed by atoms with Gasteiger partial charge in [-0.1, -0.05) is 36.8 Å². The molecule has 4 rings (SSSR count). The summed E-state index contributed by atoms with van der Waals surface area (Å²) in [4.78, 5) is 15.3. The zero-order chi connectivity index (χ0) is 21.8. The highest BCUT2D eigenvalue weighted by Crippen LogP contribution is 2.42. The van der Waals surface area contributed by atoms with Gasteiger partial charge in [0.25, 0.3) is 0 Å². The molecule has 0 radical (unpaired) electrons. The molecule has 1 unspecified atom stereocenters. The van der Waals surface area contributed by atoms with Gasteiger partial charge in [0.1, 0.15) is 0 Å². The average molecular weight is 462 g/mol. The summed E-state index contributed by atoms with van der Waals surface area (Å²) in [7, 11) is 3.08. The lowest BCUT2D eigenvalue weighted by molar-refractivity contribution is 0.0684. The summed E-state index contributed by atoms with van der Waals surface area (Å²) in [6.07, 6.45) is 4.45. The number of ketones is 1. The van der Waals surface area contributed by atoms with Gasteiger partial charge in [0, 0.05) is 18.5 Å². The summed E-state index contributed by atoms with van der Waals surface area (Å²) in [6.45, 7) is 3.18. The van der Waals surface area contributed by atoms with Gasteiger partial charge in [-0.3, -0.25) is 9.69 Å². The van der Waals surface area contributed by atoms with Crippen molar-refractivity contribution in [3.05, 3.63) is 59.2 Å². The molecular weight excluding hydrogens is 429 g/mol. The molecule has 0 bridgehead atoms. The number of ether oxygens (including phenoxy) is 2. The van der Waals surface area contributed by atoms with Crippen LogP contribution in [0.3, 0.4) is 0 Å². The fourth-order valence-corrected chi connectivity index (χ4v) is 5.05. The van der Waals surface area contributed by atoms with E-state index in [9.17, 15) is 4.79 Å². The van der Waals surface area contributed by atoms with Crippen LogP contribution in [-0.4, -0.2) is 43.7 Å². The molecule has 1 heterocycles. The van der Waals surface area contributed by atoms with Crippen molar-refractivity contribution in [1.29, 1.82) is 0 Å². The number of benzene rings is 2. The molecule has 0 aromatic heterocycles. The Kier molecular flexibility index (Phi) is 8.18. The molecule has 1 aliphatic heterocycles. The number of halogens is 2. The van der Waals surface area contributed by atoms with Crippen molar-refractivity contribution in [3.8, 4) is 11.5 Å². The van der Waals surface area contributed by atoms with Crippen LogP contribution in [0.25, 0.3) is 0 Å². The summed E-state index contributed by atoms with van der Waals surface area (Å²) in [5.74, 6) is 1.23. The number of alkyl halides is 1. The zero-order valence-corrected chi connectivity index (χ0v) is 19.8. The Morgan fingerprint density at radius 1 is 1.06 bits per heavy atom. The number of rotatable bonds is 8. The van der Waals surface area contributed by atoms with Crippen LogP contribution >= 0.6 is 12.4 Å². The number of carbonyl (C=O) groups is 1. The van der Waals surface area contributed by atoms with Crippen LogP contribution in [0, 0.1) is 5.92 Å². The minimum atomic E-state index is -1.80. The van der Waals surface area contributed by atoms with Crippen molar-refractivity contribution in [2.45, 2.75) is 50.7 Å². The summed E-state index contributed by atoms with van der Waals surface area (Å²) >= 11 is 0. The van der Waals surface area contributed by atoms with Crippen LogP contribution < -0.4 is 9.47 Å². The third kappa shape index (κ3) is 5.26. The molecular formula is C26H33ClFNO3. The maximum absolute atomic E-state index is 15.6. The number of nitrogens with zero attached hydrogens (tertiary/aromatic N) is 1. The van der Waals surface area contributed by atoms with Crippen molar-refractivity contribution in [1.82, 2.24) is 4.90 Å². The van der Waals surface area contributed by atoms with Crippen molar-refractivity contribution in [3.63, 3.8) is 0 Å². The molecule has 6 heteroatoms. The first-order chi connectivity index (χ1) is 15.0. The van der Waals surface area contributed by atoms with E-state index in [0.717, 1.165) is 50.9 Å².